The fourth-order valence-corrected chi connectivity index (χ4v) is 3.11. The van der Waals surface area contributed by atoms with E-state index >= 15 is 0 Å². The quantitative estimate of drug-likeness (QED) is 0.742. The standard InChI is InChI=1S/C14H23N3O3/c1-3-6-10(2)15-11(18)9-17-12(19)14(16-13(17)20)7-4-5-8-14/h10H,3-9H2,1-2H3,(H,15,18)(H,16,20)/t10-/m0/s1. The Balaban J connectivity index is 1.94. The molecule has 0 radical (unpaired) electrons. The molecule has 0 unspecified atom stereocenters. The molecule has 6 heteroatoms. The molecule has 2 N–H and O–H groups in total. The SMILES string of the molecule is CCC[C@H](C)NC(=O)CN1C(=O)NC2(CCCC2)C1=O. The Hall–Kier alpha value is -1.59. The second kappa shape index (κ2) is 5.81. The van der Waals surface area contributed by atoms with Crippen molar-refractivity contribution in [3.63, 3.8) is 0 Å². The normalized spacial score (nSPS) is 22.2. The molecular formula is C14H23N3O3. The van der Waals surface area contributed by atoms with Crippen LogP contribution in [0.5, 0.6) is 0 Å². The first kappa shape index (κ1) is 14.8. The predicted octanol–water partition coefficient (Wildman–Crippen LogP) is 1.16. The molecule has 2 aliphatic rings. The molecule has 2 rings (SSSR count). The minimum Gasteiger partial charge on any atom is -0.352 e. The van der Waals surface area contributed by atoms with Crippen LogP contribution in [0.15, 0.2) is 0 Å². The lowest BCUT2D eigenvalue weighted by Crippen LogP contribution is -2.46. The number of hydrogen-bond acceptors (Lipinski definition) is 3. The lowest BCUT2D eigenvalue weighted by atomic mass is 9.98. The molecule has 1 heterocycles. The van der Waals surface area contributed by atoms with Crippen LogP contribution in [0, 0.1) is 0 Å². The van der Waals surface area contributed by atoms with E-state index in [1.54, 1.807) is 0 Å². The van der Waals surface area contributed by atoms with Gasteiger partial charge in [0.1, 0.15) is 12.1 Å². The van der Waals surface area contributed by atoms with Crippen molar-refractivity contribution in [1.82, 2.24) is 15.5 Å². The number of hydrogen-bond donors (Lipinski definition) is 2. The van der Waals surface area contributed by atoms with Gasteiger partial charge < -0.3 is 10.6 Å². The molecule has 0 aromatic rings. The van der Waals surface area contributed by atoms with Crippen LogP contribution in [-0.2, 0) is 9.59 Å². The number of nitrogens with one attached hydrogen (secondary N) is 2. The lowest BCUT2D eigenvalue weighted by Gasteiger charge is -2.20. The fraction of sp³-hybridized carbons (Fsp3) is 0.786. The van der Waals surface area contributed by atoms with E-state index in [0.717, 1.165) is 30.6 Å². The average molecular weight is 281 g/mol. The minimum absolute atomic E-state index is 0.0636. The molecule has 20 heavy (non-hydrogen) atoms. The maximum absolute atomic E-state index is 12.3. The fourth-order valence-electron chi connectivity index (χ4n) is 3.11. The Morgan fingerprint density at radius 1 is 1.40 bits per heavy atom. The van der Waals surface area contributed by atoms with Crippen LogP contribution in [0.1, 0.15) is 52.4 Å². The Morgan fingerprint density at radius 2 is 2.05 bits per heavy atom. The number of imide groups is 1. The number of rotatable bonds is 5. The Morgan fingerprint density at radius 3 is 2.65 bits per heavy atom. The lowest BCUT2D eigenvalue weighted by molar-refractivity contribution is -0.135. The molecule has 4 amide bonds. The second-order valence-electron chi connectivity index (χ2n) is 5.87. The molecule has 2 fully saturated rings. The van der Waals surface area contributed by atoms with Crippen molar-refractivity contribution in [3.05, 3.63) is 0 Å². The summed E-state index contributed by atoms with van der Waals surface area (Å²) in [5, 5.41) is 5.59. The van der Waals surface area contributed by atoms with Gasteiger partial charge in [0, 0.05) is 6.04 Å². The number of urea groups is 1. The summed E-state index contributed by atoms with van der Waals surface area (Å²) < 4.78 is 0. The first-order valence-corrected chi connectivity index (χ1v) is 7.42. The first-order valence-electron chi connectivity index (χ1n) is 7.42. The highest BCUT2D eigenvalue weighted by Gasteiger charge is 2.52. The van der Waals surface area contributed by atoms with E-state index in [0.29, 0.717) is 12.8 Å². The molecule has 1 spiro atoms. The molecule has 1 aliphatic carbocycles. The monoisotopic (exact) mass is 281 g/mol. The highest BCUT2D eigenvalue weighted by atomic mass is 16.2. The van der Waals surface area contributed by atoms with E-state index < -0.39 is 11.6 Å². The van der Waals surface area contributed by atoms with Gasteiger partial charge >= 0.3 is 6.03 Å². The maximum atomic E-state index is 12.3. The first-order chi connectivity index (χ1) is 9.48. The van der Waals surface area contributed by atoms with E-state index in [1.807, 2.05) is 13.8 Å². The zero-order chi connectivity index (χ0) is 14.8. The Kier molecular flexibility index (Phi) is 4.30. The van der Waals surface area contributed by atoms with Crippen molar-refractivity contribution >= 4 is 17.8 Å². The topological polar surface area (TPSA) is 78.5 Å². The van der Waals surface area contributed by atoms with Crippen molar-refractivity contribution in [2.75, 3.05) is 6.54 Å². The highest BCUT2D eigenvalue weighted by molar-refractivity contribution is 6.09. The van der Waals surface area contributed by atoms with Crippen LogP contribution in [0.3, 0.4) is 0 Å². The van der Waals surface area contributed by atoms with Crippen molar-refractivity contribution in [1.29, 1.82) is 0 Å². The van der Waals surface area contributed by atoms with Crippen LogP contribution in [0.25, 0.3) is 0 Å². The average Bonchev–Trinajstić information content (AvgIpc) is 2.92. The molecule has 0 aromatic carbocycles. The zero-order valence-electron chi connectivity index (χ0n) is 12.2. The summed E-state index contributed by atoms with van der Waals surface area (Å²) in [7, 11) is 0. The van der Waals surface area contributed by atoms with Crippen molar-refractivity contribution in [2.45, 2.75) is 64.0 Å². The van der Waals surface area contributed by atoms with E-state index in [4.69, 9.17) is 0 Å². The van der Waals surface area contributed by atoms with E-state index in [-0.39, 0.29) is 24.4 Å². The van der Waals surface area contributed by atoms with Crippen LogP contribution in [0.4, 0.5) is 4.79 Å². The zero-order valence-corrected chi connectivity index (χ0v) is 12.2. The third kappa shape index (κ3) is 2.78. The molecule has 0 bridgehead atoms. The Labute approximate surface area is 119 Å². The van der Waals surface area contributed by atoms with Gasteiger partial charge in [0.2, 0.25) is 5.91 Å². The third-order valence-electron chi connectivity index (χ3n) is 4.13. The van der Waals surface area contributed by atoms with E-state index in [1.165, 1.54) is 0 Å². The van der Waals surface area contributed by atoms with Crippen LogP contribution >= 0.6 is 0 Å². The van der Waals surface area contributed by atoms with Crippen molar-refractivity contribution < 1.29 is 14.4 Å². The predicted molar refractivity (Wildman–Crippen MR) is 74.0 cm³/mol. The smallest absolute Gasteiger partial charge is 0.325 e. The highest BCUT2D eigenvalue weighted by Crippen LogP contribution is 2.34. The Bertz CT molecular complexity index is 416. The summed E-state index contributed by atoms with van der Waals surface area (Å²) in [6.45, 7) is 3.79. The van der Waals surface area contributed by atoms with Crippen molar-refractivity contribution in [2.24, 2.45) is 0 Å². The molecule has 1 saturated heterocycles. The summed E-state index contributed by atoms with van der Waals surface area (Å²) in [6.07, 6.45) is 5.12. The van der Waals surface area contributed by atoms with E-state index in [2.05, 4.69) is 10.6 Å². The van der Waals surface area contributed by atoms with Gasteiger partial charge in [-0.05, 0) is 26.2 Å². The van der Waals surface area contributed by atoms with Crippen molar-refractivity contribution in [3.8, 4) is 0 Å². The molecule has 1 aliphatic heterocycles. The van der Waals surface area contributed by atoms with Gasteiger partial charge in [0.25, 0.3) is 5.91 Å². The largest absolute Gasteiger partial charge is 0.352 e. The van der Waals surface area contributed by atoms with Gasteiger partial charge in [-0.1, -0.05) is 26.2 Å². The van der Waals surface area contributed by atoms with Crippen LogP contribution in [-0.4, -0.2) is 40.9 Å². The molecular weight excluding hydrogens is 258 g/mol. The number of carbonyl (C=O) groups excluding carboxylic acids is 3. The maximum Gasteiger partial charge on any atom is 0.325 e. The number of carbonyl (C=O) groups is 3. The van der Waals surface area contributed by atoms with E-state index in [9.17, 15) is 14.4 Å². The molecule has 0 aromatic heterocycles. The second-order valence-corrected chi connectivity index (χ2v) is 5.87. The number of nitrogens with zero attached hydrogens (tertiary/aromatic N) is 1. The molecule has 112 valence electrons. The van der Waals surface area contributed by atoms with Crippen LogP contribution < -0.4 is 10.6 Å². The van der Waals surface area contributed by atoms with Gasteiger partial charge in [-0.15, -0.1) is 0 Å². The van der Waals surface area contributed by atoms with Gasteiger partial charge in [-0.25, -0.2) is 4.79 Å². The van der Waals surface area contributed by atoms with Gasteiger partial charge in [0.05, 0.1) is 0 Å². The summed E-state index contributed by atoms with van der Waals surface area (Å²) in [5.41, 5.74) is -0.730. The summed E-state index contributed by atoms with van der Waals surface area (Å²) >= 11 is 0. The summed E-state index contributed by atoms with van der Waals surface area (Å²) in [6, 6.07) is -0.371. The van der Waals surface area contributed by atoms with Gasteiger partial charge in [-0.3, -0.25) is 14.5 Å². The minimum atomic E-state index is -0.730. The van der Waals surface area contributed by atoms with Crippen LogP contribution in [0.2, 0.25) is 0 Å². The van der Waals surface area contributed by atoms with Gasteiger partial charge in [0.15, 0.2) is 0 Å². The summed E-state index contributed by atoms with van der Waals surface area (Å²) in [4.78, 5) is 37.2. The molecule has 1 saturated carbocycles. The summed E-state index contributed by atoms with van der Waals surface area (Å²) in [5.74, 6) is -0.511. The molecule has 6 nitrogen and oxygen atoms in total. The third-order valence-corrected chi connectivity index (χ3v) is 4.13. The molecule has 1 atom stereocenters. The van der Waals surface area contributed by atoms with Gasteiger partial charge in [-0.2, -0.15) is 0 Å². The number of amides is 4.